The van der Waals surface area contributed by atoms with Crippen LogP contribution in [0.4, 0.5) is 5.82 Å². The molecule has 3 aromatic heterocycles. The van der Waals surface area contributed by atoms with Crippen LogP contribution in [0, 0.1) is 0 Å². The maximum Gasteiger partial charge on any atom is 0.256 e. The second-order valence-electron chi connectivity index (χ2n) is 6.92. The standard InChI is InChI=1S/C21H18ClN5O2S/c1-12(2)15-11-19(28)25-21(23-15)27-18(10-16(26-27)17-7-4-8-30-17)24-20(29)13-5-3-6-14(22)9-13/h3-12H,1-2H3,(H,24,29)(H,23,25,28). The summed E-state index contributed by atoms with van der Waals surface area (Å²) < 4.78 is 1.44. The van der Waals surface area contributed by atoms with E-state index in [1.807, 2.05) is 31.4 Å². The molecule has 0 radical (unpaired) electrons. The van der Waals surface area contributed by atoms with Crippen molar-refractivity contribution in [3.63, 3.8) is 0 Å². The van der Waals surface area contributed by atoms with Gasteiger partial charge in [0.2, 0.25) is 5.95 Å². The third-order valence-electron chi connectivity index (χ3n) is 4.35. The number of aromatic amines is 1. The molecule has 0 aliphatic carbocycles. The number of benzene rings is 1. The van der Waals surface area contributed by atoms with Gasteiger partial charge in [-0.1, -0.05) is 37.6 Å². The number of carbonyl (C=O) groups is 1. The number of nitrogens with zero attached hydrogens (tertiary/aromatic N) is 3. The summed E-state index contributed by atoms with van der Waals surface area (Å²) in [4.78, 5) is 33.1. The number of anilines is 1. The van der Waals surface area contributed by atoms with E-state index in [9.17, 15) is 9.59 Å². The van der Waals surface area contributed by atoms with Gasteiger partial charge in [0.25, 0.3) is 11.5 Å². The molecule has 0 unspecified atom stereocenters. The molecule has 0 fully saturated rings. The van der Waals surface area contributed by atoms with E-state index in [0.717, 1.165) is 4.88 Å². The maximum atomic E-state index is 12.8. The number of H-pyrrole nitrogens is 1. The second kappa shape index (κ2) is 8.25. The van der Waals surface area contributed by atoms with Gasteiger partial charge in [-0.3, -0.25) is 14.6 Å². The van der Waals surface area contributed by atoms with Crippen molar-refractivity contribution in [2.75, 3.05) is 5.32 Å². The molecule has 3 heterocycles. The number of halogens is 1. The molecule has 0 saturated heterocycles. The predicted octanol–water partition coefficient (Wildman–Crippen LogP) is 4.71. The normalized spacial score (nSPS) is 11.1. The monoisotopic (exact) mass is 439 g/mol. The van der Waals surface area contributed by atoms with Gasteiger partial charge < -0.3 is 5.32 Å². The van der Waals surface area contributed by atoms with E-state index in [-0.39, 0.29) is 23.3 Å². The summed E-state index contributed by atoms with van der Waals surface area (Å²) in [5.74, 6) is 0.324. The van der Waals surface area contributed by atoms with Crippen LogP contribution in [0.2, 0.25) is 5.02 Å². The molecule has 0 spiro atoms. The van der Waals surface area contributed by atoms with Crippen molar-refractivity contribution in [3.05, 3.63) is 80.5 Å². The Balaban J connectivity index is 1.80. The van der Waals surface area contributed by atoms with Crippen molar-refractivity contribution in [2.24, 2.45) is 0 Å². The third-order valence-corrected chi connectivity index (χ3v) is 5.48. The molecule has 152 valence electrons. The van der Waals surface area contributed by atoms with Gasteiger partial charge in [0.15, 0.2) is 0 Å². The van der Waals surface area contributed by atoms with E-state index < -0.39 is 0 Å². The fourth-order valence-corrected chi connectivity index (χ4v) is 3.73. The van der Waals surface area contributed by atoms with E-state index >= 15 is 0 Å². The molecular weight excluding hydrogens is 422 g/mol. The lowest BCUT2D eigenvalue weighted by atomic mass is 10.1. The van der Waals surface area contributed by atoms with Crippen LogP contribution in [0.1, 0.15) is 35.8 Å². The van der Waals surface area contributed by atoms with E-state index in [2.05, 4.69) is 20.4 Å². The number of thiophene rings is 1. The van der Waals surface area contributed by atoms with Crippen molar-refractivity contribution in [3.8, 4) is 16.5 Å². The summed E-state index contributed by atoms with van der Waals surface area (Å²) in [6.07, 6.45) is 0. The number of nitrogens with one attached hydrogen (secondary N) is 2. The maximum absolute atomic E-state index is 12.8. The number of hydrogen-bond acceptors (Lipinski definition) is 5. The van der Waals surface area contributed by atoms with Crippen LogP contribution in [-0.2, 0) is 0 Å². The molecule has 2 N–H and O–H groups in total. The molecule has 1 amide bonds. The predicted molar refractivity (Wildman–Crippen MR) is 119 cm³/mol. The first-order valence-corrected chi connectivity index (χ1v) is 10.5. The lowest BCUT2D eigenvalue weighted by Gasteiger charge is -2.10. The molecule has 0 atom stereocenters. The zero-order valence-electron chi connectivity index (χ0n) is 16.2. The van der Waals surface area contributed by atoms with Crippen LogP contribution in [0.5, 0.6) is 0 Å². The van der Waals surface area contributed by atoms with Crippen molar-refractivity contribution in [1.29, 1.82) is 0 Å². The number of rotatable bonds is 5. The number of amides is 1. The Kier molecular flexibility index (Phi) is 5.52. The van der Waals surface area contributed by atoms with Crippen molar-refractivity contribution >= 4 is 34.7 Å². The van der Waals surface area contributed by atoms with Crippen LogP contribution < -0.4 is 10.9 Å². The number of carbonyl (C=O) groups excluding carboxylic acids is 1. The van der Waals surface area contributed by atoms with Crippen molar-refractivity contribution in [2.45, 2.75) is 19.8 Å². The fraction of sp³-hybridized carbons (Fsp3) is 0.143. The van der Waals surface area contributed by atoms with Crippen molar-refractivity contribution < 1.29 is 4.79 Å². The summed E-state index contributed by atoms with van der Waals surface area (Å²) in [5.41, 5.74) is 1.41. The van der Waals surface area contributed by atoms with E-state index in [1.165, 1.54) is 22.1 Å². The van der Waals surface area contributed by atoms with E-state index in [1.54, 1.807) is 30.3 Å². The molecule has 0 saturated carbocycles. The molecule has 1 aromatic carbocycles. The average Bonchev–Trinajstić information content (AvgIpc) is 3.37. The minimum atomic E-state index is -0.348. The Hall–Kier alpha value is -3.23. The number of hydrogen-bond donors (Lipinski definition) is 2. The highest BCUT2D eigenvalue weighted by Crippen LogP contribution is 2.28. The van der Waals surface area contributed by atoms with Gasteiger partial charge in [-0.25, -0.2) is 4.98 Å². The van der Waals surface area contributed by atoms with Gasteiger partial charge in [-0.15, -0.1) is 11.3 Å². The zero-order chi connectivity index (χ0) is 21.3. The highest BCUT2D eigenvalue weighted by atomic mass is 35.5. The van der Waals surface area contributed by atoms with Crippen LogP contribution in [0.25, 0.3) is 16.5 Å². The molecule has 9 heteroatoms. The van der Waals surface area contributed by atoms with Gasteiger partial charge in [-0.2, -0.15) is 9.78 Å². The Morgan fingerprint density at radius 3 is 2.73 bits per heavy atom. The molecular formula is C21H18ClN5O2S. The van der Waals surface area contributed by atoms with E-state index in [4.69, 9.17) is 11.6 Å². The summed E-state index contributed by atoms with van der Waals surface area (Å²) in [6.45, 7) is 3.90. The third kappa shape index (κ3) is 4.19. The molecule has 4 rings (SSSR count). The van der Waals surface area contributed by atoms with Gasteiger partial charge in [0.1, 0.15) is 11.5 Å². The second-order valence-corrected chi connectivity index (χ2v) is 8.30. The fourth-order valence-electron chi connectivity index (χ4n) is 2.85. The highest BCUT2D eigenvalue weighted by Gasteiger charge is 2.18. The zero-order valence-corrected chi connectivity index (χ0v) is 17.8. The molecule has 0 bridgehead atoms. The first-order valence-electron chi connectivity index (χ1n) is 9.23. The molecule has 30 heavy (non-hydrogen) atoms. The molecule has 4 aromatic rings. The van der Waals surface area contributed by atoms with Gasteiger partial charge in [0, 0.05) is 22.7 Å². The van der Waals surface area contributed by atoms with Gasteiger partial charge >= 0.3 is 0 Å². The molecule has 0 aliphatic heterocycles. The van der Waals surface area contributed by atoms with Crippen LogP contribution in [0.3, 0.4) is 0 Å². The summed E-state index contributed by atoms with van der Waals surface area (Å²) in [7, 11) is 0. The Labute approximate surface area is 181 Å². The highest BCUT2D eigenvalue weighted by molar-refractivity contribution is 7.13. The topological polar surface area (TPSA) is 92.7 Å². The summed E-state index contributed by atoms with van der Waals surface area (Å²) >= 11 is 7.53. The first kappa shape index (κ1) is 20.1. The van der Waals surface area contributed by atoms with Crippen LogP contribution in [0.15, 0.2) is 58.7 Å². The number of aromatic nitrogens is 4. The SMILES string of the molecule is CC(C)c1cc(=O)[nH]c(-n2nc(-c3cccs3)cc2NC(=O)c2cccc(Cl)c2)n1. The van der Waals surface area contributed by atoms with Crippen LogP contribution >= 0.6 is 22.9 Å². The van der Waals surface area contributed by atoms with Crippen LogP contribution in [-0.4, -0.2) is 25.7 Å². The Morgan fingerprint density at radius 2 is 2.03 bits per heavy atom. The van der Waals surface area contributed by atoms with Crippen molar-refractivity contribution in [1.82, 2.24) is 19.7 Å². The lowest BCUT2D eigenvalue weighted by molar-refractivity contribution is 0.102. The van der Waals surface area contributed by atoms with Gasteiger partial charge in [0.05, 0.1) is 10.6 Å². The van der Waals surface area contributed by atoms with Gasteiger partial charge in [-0.05, 0) is 35.6 Å². The summed E-state index contributed by atoms with van der Waals surface area (Å²) in [6, 6.07) is 13.7. The molecule has 0 aliphatic rings. The quantitative estimate of drug-likeness (QED) is 0.470. The summed E-state index contributed by atoms with van der Waals surface area (Å²) in [5, 5.41) is 9.84. The lowest BCUT2D eigenvalue weighted by Crippen LogP contribution is -2.19. The minimum absolute atomic E-state index is 0.0582. The Bertz CT molecular complexity index is 1260. The van der Waals surface area contributed by atoms with E-state index in [0.29, 0.717) is 27.8 Å². The average molecular weight is 440 g/mol. The minimum Gasteiger partial charge on any atom is -0.306 e. The molecule has 7 nitrogen and oxygen atoms in total. The Morgan fingerprint density at radius 1 is 1.20 bits per heavy atom. The largest absolute Gasteiger partial charge is 0.306 e. The smallest absolute Gasteiger partial charge is 0.256 e. The first-order chi connectivity index (χ1) is 14.4.